The number of rotatable bonds is 5. The van der Waals surface area contributed by atoms with Gasteiger partial charge < -0.3 is 10.6 Å². The molecule has 4 rings (SSSR count). The van der Waals surface area contributed by atoms with Crippen molar-refractivity contribution < 1.29 is 0 Å². The van der Waals surface area contributed by atoms with Crippen molar-refractivity contribution in [3.63, 3.8) is 0 Å². The van der Waals surface area contributed by atoms with Gasteiger partial charge in [-0.05, 0) is 36.4 Å². The minimum absolute atomic E-state index is 0.397. The summed E-state index contributed by atoms with van der Waals surface area (Å²) in [5, 5.41) is 6.41. The Morgan fingerprint density at radius 2 is 1.13 bits per heavy atom. The fourth-order valence-electron chi connectivity index (χ4n) is 2.84. The molecule has 5 nitrogen and oxygen atoms in total. The van der Waals surface area contributed by atoms with Gasteiger partial charge in [-0.1, -0.05) is 54.3 Å². The Morgan fingerprint density at radius 1 is 0.600 bits per heavy atom. The van der Waals surface area contributed by atoms with Gasteiger partial charge in [-0.2, -0.15) is 15.0 Å². The predicted molar refractivity (Wildman–Crippen MR) is 121 cm³/mol. The van der Waals surface area contributed by atoms with Crippen LogP contribution in [-0.2, 0) is 0 Å². The Morgan fingerprint density at radius 3 is 1.63 bits per heavy atom. The molecule has 0 aliphatic heterocycles. The molecule has 0 aliphatic rings. The first-order valence-electron chi connectivity index (χ1n) is 9.22. The van der Waals surface area contributed by atoms with Crippen LogP contribution in [-0.4, -0.2) is 15.0 Å². The zero-order valence-electron chi connectivity index (χ0n) is 16.0. The van der Waals surface area contributed by atoms with Crippen LogP contribution in [0.4, 0.5) is 23.3 Å². The predicted octanol–water partition coefficient (Wildman–Crippen LogP) is 4.99. The minimum atomic E-state index is 0.397. The first-order chi connectivity index (χ1) is 14.7. The van der Waals surface area contributed by atoms with E-state index in [4.69, 9.17) is 12.8 Å². The van der Waals surface area contributed by atoms with Crippen LogP contribution in [0.25, 0.3) is 11.4 Å². The van der Waals surface area contributed by atoms with Gasteiger partial charge in [0.15, 0.2) is 5.82 Å². The van der Waals surface area contributed by atoms with Crippen molar-refractivity contribution in [2.45, 2.75) is 0 Å². The maximum absolute atomic E-state index is 5.50. The topological polar surface area (TPSA) is 62.7 Å². The van der Waals surface area contributed by atoms with Crippen molar-refractivity contribution in [3.05, 3.63) is 90.0 Å². The molecule has 0 saturated carbocycles. The molecule has 30 heavy (non-hydrogen) atoms. The molecule has 0 atom stereocenters. The number of aromatic nitrogens is 3. The molecule has 2 N–H and O–H groups in total. The standard InChI is InChI=1S/C25H17N5/c1-3-18-10-8-14-21(16-18)26-24-28-23(20-12-6-5-7-13-20)29-25(30-24)27-22-15-9-11-19(4-2)17-22/h1-2,5-17H,(H2,26,27,28,29,30). The lowest BCUT2D eigenvalue weighted by Gasteiger charge is -2.11. The Balaban J connectivity index is 1.72. The van der Waals surface area contributed by atoms with Gasteiger partial charge in [-0.25, -0.2) is 0 Å². The Labute approximate surface area is 175 Å². The molecular weight excluding hydrogens is 370 g/mol. The lowest BCUT2D eigenvalue weighted by atomic mass is 10.2. The van der Waals surface area contributed by atoms with Gasteiger partial charge >= 0.3 is 0 Å². The maximum atomic E-state index is 5.50. The van der Waals surface area contributed by atoms with Gasteiger partial charge in [0, 0.05) is 28.1 Å². The first-order valence-corrected chi connectivity index (χ1v) is 9.22. The van der Waals surface area contributed by atoms with Crippen LogP contribution in [0.5, 0.6) is 0 Å². The van der Waals surface area contributed by atoms with Crippen LogP contribution in [0.1, 0.15) is 11.1 Å². The van der Waals surface area contributed by atoms with E-state index in [1.165, 1.54) is 0 Å². The summed E-state index contributed by atoms with van der Waals surface area (Å²) < 4.78 is 0. The second kappa shape index (κ2) is 8.60. The largest absolute Gasteiger partial charge is 0.324 e. The molecule has 0 fully saturated rings. The van der Waals surface area contributed by atoms with Gasteiger partial charge in [-0.15, -0.1) is 12.8 Å². The smallest absolute Gasteiger partial charge is 0.232 e. The number of hydrogen-bond donors (Lipinski definition) is 2. The fraction of sp³-hybridized carbons (Fsp3) is 0. The first kappa shape index (κ1) is 18.7. The molecule has 0 aliphatic carbocycles. The number of benzene rings is 3. The Hall–Kier alpha value is -4.61. The highest BCUT2D eigenvalue weighted by atomic mass is 15.2. The fourth-order valence-corrected chi connectivity index (χ4v) is 2.84. The highest BCUT2D eigenvalue weighted by Crippen LogP contribution is 2.22. The molecule has 0 amide bonds. The molecule has 4 aromatic rings. The van der Waals surface area contributed by atoms with Crippen molar-refractivity contribution in [1.29, 1.82) is 0 Å². The molecule has 0 bridgehead atoms. The van der Waals surface area contributed by atoms with Crippen LogP contribution < -0.4 is 10.6 Å². The number of hydrogen-bond acceptors (Lipinski definition) is 5. The highest BCUT2D eigenvalue weighted by Gasteiger charge is 2.10. The third kappa shape index (κ3) is 4.44. The summed E-state index contributed by atoms with van der Waals surface area (Å²) in [4.78, 5) is 13.7. The van der Waals surface area contributed by atoms with Gasteiger partial charge in [0.05, 0.1) is 0 Å². The monoisotopic (exact) mass is 387 g/mol. The molecule has 0 radical (unpaired) electrons. The SMILES string of the molecule is C#Cc1cccc(Nc2nc(Nc3cccc(C#C)c3)nc(-c3ccccc3)n2)c1. The number of anilines is 4. The zero-order valence-corrected chi connectivity index (χ0v) is 16.0. The minimum Gasteiger partial charge on any atom is -0.324 e. The molecular formula is C25H17N5. The normalized spacial score (nSPS) is 9.93. The summed E-state index contributed by atoms with van der Waals surface area (Å²) >= 11 is 0. The number of nitrogens with one attached hydrogen (secondary N) is 2. The molecule has 5 heteroatoms. The van der Waals surface area contributed by atoms with Crippen LogP contribution in [0.15, 0.2) is 78.9 Å². The van der Waals surface area contributed by atoms with E-state index in [2.05, 4.69) is 37.4 Å². The van der Waals surface area contributed by atoms with E-state index in [1.54, 1.807) is 0 Å². The van der Waals surface area contributed by atoms with E-state index < -0.39 is 0 Å². The van der Waals surface area contributed by atoms with Crippen molar-refractivity contribution in [2.75, 3.05) is 10.6 Å². The number of terminal acetylenes is 2. The van der Waals surface area contributed by atoms with Gasteiger partial charge in [-0.3, -0.25) is 0 Å². The van der Waals surface area contributed by atoms with Gasteiger partial charge in [0.25, 0.3) is 0 Å². The van der Waals surface area contributed by atoms with Crippen molar-refractivity contribution in [1.82, 2.24) is 15.0 Å². The summed E-state index contributed by atoms with van der Waals surface area (Å²) in [5.41, 5.74) is 3.98. The molecule has 142 valence electrons. The highest BCUT2D eigenvalue weighted by molar-refractivity contribution is 5.64. The molecule has 1 heterocycles. The lowest BCUT2D eigenvalue weighted by molar-refractivity contribution is 1.07. The second-order valence-electron chi connectivity index (χ2n) is 6.37. The quantitative estimate of drug-likeness (QED) is 0.473. The third-order valence-electron chi connectivity index (χ3n) is 4.24. The van der Waals surface area contributed by atoms with Crippen molar-refractivity contribution >= 4 is 23.3 Å². The summed E-state index contributed by atoms with van der Waals surface area (Å²) in [7, 11) is 0. The van der Waals surface area contributed by atoms with E-state index in [0.717, 1.165) is 28.1 Å². The average molecular weight is 387 g/mol. The summed E-state index contributed by atoms with van der Waals surface area (Å²) in [6, 6.07) is 24.7. The molecule has 3 aromatic carbocycles. The molecule has 0 unspecified atom stereocenters. The van der Waals surface area contributed by atoms with E-state index in [1.807, 2.05) is 78.9 Å². The third-order valence-corrected chi connectivity index (χ3v) is 4.24. The summed E-state index contributed by atoms with van der Waals surface area (Å²) in [5.74, 6) is 6.58. The van der Waals surface area contributed by atoms with E-state index in [0.29, 0.717) is 17.7 Å². The average Bonchev–Trinajstić information content (AvgIpc) is 2.80. The lowest BCUT2D eigenvalue weighted by Crippen LogP contribution is -2.05. The van der Waals surface area contributed by atoms with Crippen LogP contribution in [0.2, 0.25) is 0 Å². The Bertz CT molecular complexity index is 1190. The molecule has 1 aromatic heterocycles. The Kier molecular flexibility index (Phi) is 5.37. The van der Waals surface area contributed by atoms with Crippen molar-refractivity contribution in [2.24, 2.45) is 0 Å². The zero-order chi connectivity index (χ0) is 20.8. The summed E-state index contributed by atoms with van der Waals surface area (Å²) in [6.07, 6.45) is 11.0. The molecule has 0 saturated heterocycles. The van der Waals surface area contributed by atoms with Crippen LogP contribution in [0.3, 0.4) is 0 Å². The summed E-state index contributed by atoms with van der Waals surface area (Å²) in [6.45, 7) is 0. The number of nitrogens with zero attached hydrogens (tertiary/aromatic N) is 3. The van der Waals surface area contributed by atoms with E-state index in [-0.39, 0.29) is 0 Å². The maximum Gasteiger partial charge on any atom is 0.232 e. The van der Waals surface area contributed by atoms with Crippen LogP contribution in [0, 0.1) is 24.7 Å². The van der Waals surface area contributed by atoms with Crippen molar-refractivity contribution in [3.8, 4) is 36.1 Å². The van der Waals surface area contributed by atoms with E-state index in [9.17, 15) is 0 Å². The van der Waals surface area contributed by atoms with Crippen LogP contribution >= 0.6 is 0 Å². The molecule has 0 spiro atoms. The van der Waals surface area contributed by atoms with E-state index >= 15 is 0 Å². The van der Waals surface area contributed by atoms with Gasteiger partial charge in [0.1, 0.15) is 0 Å². The van der Waals surface area contributed by atoms with Gasteiger partial charge in [0.2, 0.25) is 11.9 Å². The second-order valence-corrected chi connectivity index (χ2v) is 6.37.